The maximum atomic E-state index is 13.4. The van der Waals surface area contributed by atoms with Crippen LogP contribution in [-0.2, 0) is 19.9 Å². The average Bonchev–Trinajstić information content (AvgIpc) is 3.54. The van der Waals surface area contributed by atoms with E-state index in [9.17, 15) is 14.7 Å². The van der Waals surface area contributed by atoms with Crippen LogP contribution in [0.5, 0.6) is 0 Å². The maximum absolute atomic E-state index is 13.4. The van der Waals surface area contributed by atoms with E-state index in [1.54, 1.807) is 30.6 Å². The molecule has 9 nitrogen and oxygen atoms in total. The number of aromatic nitrogens is 2. The molecule has 3 saturated heterocycles. The van der Waals surface area contributed by atoms with Crippen molar-refractivity contribution < 1.29 is 45.3 Å². The van der Waals surface area contributed by atoms with Crippen LogP contribution in [-0.4, -0.2) is 63.7 Å². The molecule has 5 heterocycles. The number of carbonyl (C=O) groups is 2. The van der Waals surface area contributed by atoms with Gasteiger partial charge < -0.3 is 35.7 Å². The Bertz CT molecular complexity index is 975. The van der Waals surface area contributed by atoms with Gasteiger partial charge in [-0.05, 0) is 31.0 Å². The normalized spacial score (nSPS) is 28.0. The highest BCUT2D eigenvalue weighted by Gasteiger charge is 2.54. The van der Waals surface area contributed by atoms with E-state index in [1.165, 1.54) is 6.26 Å². The molecule has 34 heavy (non-hydrogen) atoms. The van der Waals surface area contributed by atoms with Crippen molar-refractivity contribution in [2.24, 2.45) is 11.8 Å². The Hall–Kier alpha value is -2.30. The third-order valence-electron chi connectivity index (χ3n) is 7.75. The zero-order valence-corrected chi connectivity index (χ0v) is 20.7. The van der Waals surface area contributed by atoms with Gasteiger partial charge >= 0.3 is 5.97 Å². The molecular formula is C24H31BrN4O5. The Morgan fingerprint density at radius 1 is 1.15 bits per heavy atom. The summed E-state index contributed by atoms with van der Waals surface area (Å²) in [5, 5.41) is 14.3. The van der Waals surface area contributed by atoms with Crippen LogP contribution in [0.2, 0.25) is 0 Å². The molecule has 1 saturated carbocycles. The van der Waals surface area contributed by atoms with Crippen molar-refractivity contribution in [1.82, 2.24) is 9.97 Å². The molecule has 6 rings (SSSR count). The standard InChI is InChI=1S/C24H30N4O5.BrH/c29-21(27-23-25-10-4-11-26-23)16-28-12-8-17(9-13-28)19(15-28)33-22(30)24(31,18-5-1-2-6-18)20-7-3-14-32-20;/h3-4,7,10-11,14,17-19,31H,1-2,5-6,8-9,12-13,15-16H2;1H/t17?,19-,24?,28?;/m0./s1. The Morgan fingerprint density at radius 2 is 1.85 bits per heavy atom. The van der Waals surface area contributed by atoms with Gasteiger partial charge in [0.05, 0.1) is 19.4 Å². The molecule has 3 aliphatic heterocycles. The van der Waals surface area contributed by atoms with Gasteiger partial charge in [-0.25, -0.2) is 14.8 Å². The summed E-state index contributed by atoms with van der Waals surface area (Å²) in [4.78, 5) is 34.3. The van der Waals surface area contributed by atoms with Gasteiger partial charge in [0.2, 0.25) is 11.5 Å². The summed E-state index contributed by atoms with van der Waals surface area (Å²) in [5.74, 6) is -0.188. The van der Waals surface area contributed by atoms with Crippen molar-refractivity contribution in [3.05, 3.63) is 42.6 Å². The SMILES string of the molecule is O=C(C[N+]12CCC(CC1)[C@@H](OC(=O)C(O)(c1ccco1)C1CCCC1)C2)Nc1ncccn1.[Br-]. The lowest BCUT2D eigenvalue weighted by Gasteiger charge is -2.51. The fourth-order valence-corrected chi connectivity index (χ4v) is 5.94. The first-order chi connectivity index (χ1) is 16.0. The Morgan fingerprint density at radius 3 is 2.50 bits per heavy atom. The zero-order valence-electron chi connectivity index (χ0n) is 19.1. The number of ether oxygens (including phenoxy) is 1. The van der Waals surface area contributed by atoms with Gasteiger partial charge in [-0.1, -0.05) is 12.8 Å². The smallest absolute Gasteiger partial charge is 0.346 e. The van der Waals surface area contributed by atoms with E-state index in [4.69, 9.17) is 9.15 Å². The highest BCUT2D eigenvalue weighted by atomic mass is 79.9. The highest BCUT2D eigenvalue weighted by Crippen LogP contribution is 2.43. The van der Waals surface area contributed by atoms with Gasteiger partial charge in [-0.3, -0.25) is 10.1 Å². The van der Waals surface area contributed by atoms with Crippen LogP contribution in [0.15, 0.2) is 41.3 Å². The number of esters is 1. The fraction of sp³-hybridized carbons (Fsp3) is 0.583. The molecule has 0 aromatic carbocycles. The number of nitrogens with one attached hydrogen (secondary N) is 1. The molecule has 2 N–H and O–H groups in total. The number of anilines is 1. The predicted octanol–water partition coefficient (Wildman–Crippen LogP) is -0.758. The van der Waals surface area contributed by atoms with Crippen molar-refractivity contribution in [3.8, 4) is 0 Å². The second kappa shape index (κ2) is 10.1. The van der Waals surface area contributed by atoms with Crippen LogP contribution < -0.4 is 22.3 Å². The van der Waals surface area contributed by atoms with Crippen molar-refractivity contribution in [2.75, 3.05) is 31.5 Å². The Balaban J connectivity index is 0.00000274. The number of rotatable bonds is 7. The van der Waals surface area contributed by atoms with Gasteiger partial charge in [-0.2, -0.15) is 0 Å². The summed E-state index contributed by atoms with van der Waals surface area (Å²) >= 11 is 0. The fourth-order valence-electron chi connectivity index (χ4n) is 5.94. The number of amides is 1. The number of hydrogen-bond acceptors (Lipinski definition) is 7. The summed E-state index contributed by atoms with van der Waals surface area (Å²) in [6.07, 6.45) is 9.58. The minimum absolute atomic E-state index is 0. The molecule has 1 aliphatic carbocycles. The van der Waals surface area contributed by atoms with Gasteiger partial charge in [0.1, 0.15) is 12.3 Å². The van der Waals surface area contributed by atoms with E-state index < -0.39 is 11.6 Å². The predicted molar refractivity (Wildman–Crippen MR) is 118 cm³/mol. The number of fused-ring (bicyclic) bond motifs is 3. The lowest BCUT2D eigenvalue weighted by atomic mass is 9.81. The Kier molecular flexibility index (Phi) is 7.39. The largest absolute Gasteiger partial charge is 1.00 e. The van der Waals surface area contributed by atoms with Gasteiger partial charge in [-0.15, -0.1) is 0 Å². The second-order valence-corrected chi connectivity index (χ2v) is 9.76. The molecular weight excluding hydrogens is 504 g/mol. The number of quaternary nitrogens is 1. The van der Waals surface area contributed by atoms with Gasteiger partial charge in [0.15, 0.2) is 12.6 Å². The van der Waals surface area contributed by atoms with Gasteiger partial charge in [0, 0.05) is 37.1 Å². The number of aliphatic hydroxyl groups is 1. The number of hydrogen-bond donors (Lipinski definition) is 2. The minimum atomic E-state index is -1.77. The first-order valence-electron chi connectivity index (χ1n) is 11.9. The molecule has 1 unspecified atom stereocenters. The van der Waals surface area contributed by atoms with Crippen LogP contribution >= 0.6 is 0 Å². The molecule has 2 aromatic rings. The molecule has 184 valence electrons. The number of carbonyl (C=O) groups excluding carboxylic acids is 2. The maximum Gasteiger partial charge on any atom is 0.346 e. The van der Waals surface area contributed by atoms with E-state index in [0.29, 0.717) is 11.0 Å². The summed E-state index contributed by atoms with van der Waals surface area (Å²) in [6, 6.07) is 5.04. The summed E-state index contributed by atoms with van der Waals surface area (Å²) in [7, 11) is 0. The van der Waals surface area contributed by atoms with Crippen molar-refractivity contribution in [1.29, 1.82) is 0 Å². The first kappa shape index (κ1) is 24.8. The van der Waals surface area contributed by atoms with Crippen LogP contribution in [0.4, 0.5) is 5.95 Å². The highest BCUT2D eigenvalue weighted by molar-refractivity contribution is 5.89. The number of nitrogens with zero attached hydrogens (tertiary/aromatic N) is 3. The molecule has 2 aromatic heterocycles. The van der Waals surface area contributed by atoms with Crippen LogP contribution in [0.3, 0.4) is 0 Å². The van der Waals surface area contributed by atoms with Crippen LogP contribution in [0, 0.1) is 11.8 Å². The molecule has 2 atom stereocenters. The van der Waals surface area contributed by atoms with Crippen LogP contribution in [0.1, 0.15) is 44.3 Å². The van der Waals surface area contributed by atoms with Crippen molar-refractivity contribution >= 4 is 17.8 Å². The molecule has 0 radical (unpaired) electrons. The third kappa shape index (κ3) is 4.76. The number of piperidine rings is 3. The lowest BCUT2D eigenvalue weighted by molar-refractivity contribution is -0.939. The second-order valence-electron chi connectivity index (χ2n) is 9.76. The van der Waals surface area contributed by atoms with Crippen LogP contribution in [0.25, 0.3) is 0 Å². The van der Waals surface area contributed by atoms with E-state index >= 15 is 0 Å². The molecule has 10 heteroatoms. The first-order valence-corrected chi connectivity index (χ1v) is 11.9. The average molecular weight is 535 g/mol. The summed E-state index contributed by atoms with van der Waals surface area (Å²) in [5.41, 5.74) is -1.77. The topological polar surface area (TPSA) is 115 Å². The van der Waals surface area contributed by atoms with E-state index in [0.717, 1.165) is 51.6 Å². The van der Waals surface area contributed by atoms with E-state index in [1.807, 2.05) is 0 Å². The zero-order chi connectivity index (χ0) is 22.9. The lowest BCUT2D eigenvalue weighted by Crippen LogP contribution is -3.00. The van der Waals surface area contributed by atoms with Crippen molar-refractivity contribution in [2.45, 2.75) is 50.2 Å². The number of halogens is 1. The van der Waals surface area contributed by atoms with E-state index in [2.05, 4.69) is 15.3 Å². The molecule has 4 fully saturated rings. The quantitative estimate of drug-likeness (QED) is 0.354. The van der Waals surface area contributed by atoms with Crippen molar-refractivity contribution in [3.63, 3.8) is 0 Å². The summed E-state index contributed by atoms with van der Waals surface area (Å²) in [6.45, 7) is 2.59. The molecule has 1 amide bonds. The molecule has 0 spiro atoms. The molecule has 4 aliphatic rings. The summed E-state index contributed by atoms with van der Waals surface area (Å²) < 4.78 is 12.1. The minimum Gasteiger partial charge on any atom is -1.00 e. The number of furan rings is 1. The Labute approximate surface area is 209 Å². The third-order valence-corrected chi connectivity index (χ3v) is 7.75. The monoisotopic (exact) mass is 534 g/mol. The molecule has 2 bridgehead atoms. The van der Waals surface area contributed by atoms with E-state index in [-0.39, 0.29) is 59.1 Å². The van der Waals surface area contributed by atoms with Gasteiger partial charge in [0.25, 0.3) is 5.91 Å².